The van der Waals surface area contributed by atoms with Gasteiger partial charge < -0.3 is 0 Å². The number of rotatable bonds is 7. The van der Waals surface area contributed by atoms with E-state index in [0.29, 0.717) is 0 Å². The molecule has 0 bridgehead atoms. The third-order valence-electron chi connectivity index (χ3n) is 4.46. The first-order valence-electron chi connectivity index (χ1n) is 8.92. The zero-order valence-electron chi connectivity index (χ0n) is 14.7. The second kappa shape index (κ2) is 8.28. The van der Waals surface area contributed by atoms with Gasteiger partial charge in [0, 0.05) is 21.5 Å². The fraction of sp³-hybridized carbons (Fsp3) is 0.400. The Morgan fingerprint density at radius 2 is 1.88 bits per heavy atom. The first-order valence-corrected chi connectivity index (χ1v) is 10.5. The lowest BCUT2D eigenvalue weighted by Gasteiger charge is -2.07. The fourth-order valence-electron chi connectivity index (χ4n) is 3.11. The molecule has 5 heteroatoms. The van der Waals surface area contributed by atoms with Crippen molar-refractivity contribution in [3.05, 3.63) is 50.3 Å². The molecular formula is C20H23BrN2OS. The van der Waals surface area contributed by atoms with Crippen LogP contribution in [-0.2, 0) is 13.0 Å². The van der Waals surface area contributed by atoms with Crippen LogP contribution >= 0.6 is 27.3 Å². The van der Waals surface area contributed by atoms with Crippen LogP contribution in [-0.4, -0.2) is 9.55 Å². The van der Waals surface area contributed by atoms with Crippen molar-refractivity contribution in [2.75, 3.05) is 0 Å². The van der Waals surface area contributed by atoms with Crippen molar-refractivity contribution in [2.45, 2.75) is 52.5 Å². The Morgan fingerprint density at radius 3 is 2.56 bits per heavy atom. The number of aromatic nitrogens is 2. The van der Waals surface area contributed by atoms with Crippen LogP contribution in [0.4, 0.5) is 0 Å². The highest BCUT2D eigenvalue weighted by Gasteiger charge is 2.18. The summed E-state index contributed by atoms with van der Waals surface area (Å²) >= 11 is 5.13. The Labute approximate surface area is 160 Å². The van der Waals surface area contributed by atoms with Gasteiger partial charge in [0.25, 0.3) is 5.56 Å². The van der Waals surface area contributed by atoms with E-state index < -0.39 is 0 Å². The molecule has 0 spiro atoms. The summed E-state index contributed by atoms with van der Waals surface area (Å²) in [6, 6.07) is 8.20. The van der Waals surface area contributed by atoms with Gasteiger partial charge in [0.05, 0.1) is 11.7 Å². The zero-order chi connectivity index (χ0) is 17.8. The van der Waals surface area contributed by atoms with Crippen molar-refractivity contribution in [3.63, 3.8) is 0 Å². The van der Waals surface area contributed by atoms with Crippen LogP contribution < -0.4 is 5.56 Å². The highest BCUT2D eigenvalue weighted by Crippen LogP contribution is 2.36. The van der Waals surface area contributed by atoms with E-state index in [9.17, 15) is 4.79 Å². The van der Waals surface area contributed by atoms with Crippen molar-refractivity contribution in [1.29, 1.82) is 0 Å². The predicted molar refractivity (Wildman–Crippen MR) is 111 cm³/mol. The van der Waals surface area contributed by atoms with Crippen LogP contribution in [0, 0.1) is 0 Å². The Hall–Kier alpha value is -1.46. The van der Waals surface area contributed by atoms with E-state index in [-0.39, 0.29) is 5.56 Å². The van der Waals surface area contributed by atoms with Gasteiger partial charge in [-0.05, 0) is 30.5 Å². The third-order valence-corrected chi connectivity index (χ3v) is 6.23. The predicted octanol–water partition coefficient (Wildman–Crippen LogP) is 6.03. The summed E-state index contributed by atoms with van der Waals surface area (Å²) in [5.41, 5.74) is 2.25. The molecule has 3 rings (SSSR count). The van der Waals surface area contributed by atoms with Gasteiger partial charge in [0.15, 0.2) is 0 Å². The average Bonchev–Trinajstić information content (AvgIpc) is 3.00. The third kappa shape index (κ3) is 3.87. The Kier molecular flexibility index (Phi) is 6.07. The molecule has 132 valence electrons. The van der Waals surface area contributed by atoms with Gasteiger partial charge in [-0.3, -0.25) is 9.36 Å². The van der Waals surface area contributed by atoms with E-state index >= 15 is 0 Å². The standard InChI is InChI=1S/C20H23BrN2OS/c1-3-5-6-7-12-23-13-22-19-18(20(23)24)17(16(4-2)25-19)14-8-10-15(21)11-9-14/h8-11,13H,3-7,12H2,1-2H3. The molecule has 0 radical (unpaired) electrons. The van der Waals surface area contributed by atoms with Crippen LogP contribution in [0.25, 0.3) is 21.3 Å². The molecule has 0 saturated carbocycles. The number of aryl methyl sites for hydroxylation is 2. The minimum absolute atomic E-state index is 0.0929. The quantitative estimate of drug-likeness (QED) is 0.438. The maximum absolute atomic E-state index is 13.1. The monoisotopic (exact) mass is 418 g/mol. The molecule has 0 unspecified atom stereocenters. The summed E-state index contributed by atoms with van der Waals surface area (Å²) in [5.74, 6) is 0. The number of hydrogen-bond acceptors (Lipinski definition) is 3. The first-order chi connectivity index (χ1) is 12.2. The minimum Gasteiger partial charge on any atom is -0.299 e. The molecule has 3 aromatic rings. The van der Waals surface area contributed by atoms with E-state index in [4.69, 9.17) is 0 Å². The molecule has 0 aliphatic heterocycles. The lowest BCUT2D eigenvalue weighted by atomic mass is 10.0. The second-order valence-electron chi connectivity index (χ2n) is 6.24. The molecule has 0 fully saturated rings. The molecule has 25 heavy (non-hydrogen) atoms. The van der Waals surface area contributed by atoms with Gasteiger partial charge >= 0.3 is 0 Å². The molecule has 0 saturated heterocycles. The molecule has 1 aromatic carbocycles. The number of unbranched alkanes of at least 4 members (excludes halogenated alkanes) is 3. The SMILES string of the molecule is CCCCCCn1cnc2sc(CC)c(-c3ccc(Br)cc3)c2c1=O. The molecule has 0 amide bonds. The van der Waals surface area contributed by atoms with Crippen molar-refractivity contribution in [3.8, 4) is 11.1 Å². The lowest BCUT2D eigenvalue weighted by molar-refractivity contribution is 0.568. The summed E-state index contributed by atoms with van der Waals surface area (Å²) in [5, 5.41) is 0.780. The van der Waals surface area contributed by atoms with Crippen molar-refractivity contribution >= 4 is 37.5 Å². The molecule has 0 aliphatic carbocycles. The number of thiophene rings is 1. The molecule has 0 aliphatic rings. The summed E-state index contributed by atoms with van der Waals surface area (Å²) in [7, 11) is 0. The van der Waals surface area contributed by atoms with Crippen LogP contribution in [0.3, 0.4) is 0 Å². The first kappa shape index (κ1) is 18.3. The highest BCUT2D eigenvalue weighted by atomic mass is 79.9. The zero-order valence-corrected chi connectivity index (χ0v) is 17.1. The van der Waals surface area contributed by atoms with Crippen molar-refractivity contribution in [1.82, 2.24) is 9.55 Å². The van der Waals surface area contributed by atoms with Crippen LogP contribution in [0.1, 0.15) is 44.4 Å². The van der Waals surface area contributed by atoms with E-state index in [1.807, 2.05) is 12.1 Å². The van der Waals surface area contributed by atoms with E-state index in [1.165, 1.54) is 17.7 Å². The summed E-state index contributed by atoms with van der Waals surface area (Å²) in [6.45, 7) is 5.08. The average molecular weight is 419 g/mol. The van der Waals surface area contributed by atoms with Crippen LogP contribution in [0.5, 0.6) is 0 Å². The Morgan fingerprint density at radius 1 is 1.12 bits per heavy atom. The largest absolute Gasteiger partial charge is 0.299 e. The second-order valence-corrected chi connectivity index (χ2v) is 8.24. The Bertz CT molecular complexity index is 912. The van der Waals surface area contributed by atoms with Gasteiger partial charge in [-0.1, -0.05) is 61.2 Å². The van der Waals surface area contributed by atoms with Gasteiger partial charge in [-0.25, -0.2) is 4.98 Å². The van der Waals surface area contributed by atoms with Crippen molar-refractivity contribution in [2.24, 2.45) is 0 Å². The smallest absolute Gasteiger partial charge is 0.262 e. The molecule has 0 N–H and O–H groups in total. The molecule has 0 atom stereocenters. The van der Waals surface area contributed by atoms with Crippen LogP contribution in [0.2, 0.25) is 0 Å². The number of fused-ring (bicyclic) bond motifs is 1. The molecule has 2 aromatic heterocycles. The van der Waals surface area contributed by atoms with Crippen molar-refractivity contribution < 1.29 is 0 Å². The molecule has 3 nitrogen and oxygen atoms in total. The van der Waals surface area contributed by atoms with E-state index in [0.717, 1.165) is 51.6 Å². The topological polar surface area (TPSA) is 34.9 Å². The number of halogens is 1. The molecule has 2 heterocycles. The maximum atomic E-state index is 13.1. The molecular weight excluding hydrogens is 396 g/mol. The Balaban J connectivity index is 2.08. The van der Waals surface area contributed by atoms with Gasteiger partial charge in [0.1, 0.15) is 4.83 Å². The number of hydrogen-bond donors (Lipinski definition) is 0. The fourth-order valence-corrected chi connectivity index (χ4v) is 4.47. The number of benzene rings is 1. The van der Waals surface area contributed by atoms with E-state index in [2.05, 4.69) is 46.9 Å². The summed E-state index contributed by atoms with van der Waals surface area (Å²) in [6.07, 6.45) is 7.22. The minimum atomic E-state index is 0.0929. The van der Waals surface area contributed by atoms with Gasteiger partial charge in [-0.15, -0.1) is 11.3 Å². The maximum Gasteiger partial charge on any atom is 0.262 e. The summed E-state index contributed by atoms with van der Waals surface area (Å²) < 4.78 is 2.83. The van der Waals surface area contributed by atoms with Crippen LogP contribution in [0.15, 0.2) is 39.9 Å². The highest BCUT2D eigenvalue weighted by molar-refractivity contribution is 9.10. The lowest BCUT2D eigenvalue weighted by Crippen LogP contribution is -2.20. The van der Waals surface area contributed by atoms with Gasteiger partial charge in [-0.2, -0.15) is 0 Å². The van der Waals surface area contributed by atoms with E-state index in [1.54, 1.807) is 22.2 Å². The summed E-state index contributed by atoms with van der Waals surface area (Å²) in [4.78, 5) is 19.8. The van der Waals surface area contributed by atoms with Gasteiger partial charge in [0.2, 0.25) is 0 Å². The normalized spacial score (nSPS) is 11.3. The number of nitrogens with zero attached hydrogens (tertiary/aromatic N) is 2.